The molecule has 0 spiro atoms. The van der Waals surface area contributed by atoms with Crippen molar-refractivity contribution in [3.8, 4) is 0 Å². The zero-order valence-electron chi connectivity index (χ0n) is 16.2. The smallest absolute Gasteiger partial charge is 0.238 e. The first-order valence-corrected chi connectivity index (χ1v) is 9.64. The van der Waals surface area contributed by atoms with E-state index in [2.05, 4.69) is 53.6 Å². The normalized spacial score (nSPS) is 15.6. The molecular formula is C22H29N3O2. The maximum Gasteiger partial charge on any atom is 0.238 e. The molecule has 144 valence electrons. The highest BCUT2D eigenvalue weighted by molar-refractivity contribution is 5.92. The molecule has 1 aliphatic heterocycles. The van der Waals surface area contributed by atoms with Crippen molar-refractivity contribution in [3.05, 3.63) is 60.2 Å². The summed E-state index contributed by atoms with van der Waals surface area (Å²) in [6, 6.07) is 18.4. The molecule has 5 nitrogen and oxygen atoms in total. The lowest BCUT2D eigenvalue weighted by atomic mass is 9.96. The molecule has 2 N–H and O–H groups in total. The molecule has 3 rings (SSSR count). The number of hydrogen-bond donors (Lipinski definition) is 2. The molecule has 1 amide bonds. The Morgan fingerprint density at radius 3 is 2.33 bits per heavy atom. The summed E-state index contributed by atoms with van der Waals surface area (Å²) in [7, 11) is 0. The second kappa shape index (κ2) is 9.53. The van der Waals surface area contributed by atoms with E-state index < -0.39 is 0 Å². The SMILES string of the molecule is CC(C)C(NCC(=O)Nc1ccc(N2CCOCC2)cc1)c1ccccc1. The Labute approximate surface area is 161 Å². The molecule has 2 aromatic carbocycles. The van der Waals surface area contributed by atoms with E-state index in [0.29, 0.717) is 5.92 Å². The van der Waals surface area contributed by atoms with Crippen molar-refractivity contribution in [2.45, 2.75) is 19.9 Å². The third-order valence-corrected chi connectivity index (χ3v) is 4.84. The molecule has 1 heterocycles. The van der Waals surface area contributed by atoms with Crippen LogP contribution in [-0.2, 0) is 9.53 Å². The van der Waals surface area contributed by atoms with Gasteiger partial charge >= 0.3 is 0 Å². The van der Waals surface area contributed by atoms with Crippen molar-refractivity contribution in [2.24, 2.45) is 5.92 Å². The first-order chi connectivity index (χ1) is 13.1. The molecule has 0 saturated carbocycles. The van der Waals surface area contributed by atoms with Crippen molar-refractivity contribution >= 4 is 17.3 Å². The third kappa shape index (κ3) is 5.55. The van der Waals surface area contributed by atoms with Crippen LogP contribution in [0.15, 0.2) is 54.6 Å². The summed E-state index contributed by atoms with van der Waals surface area (Å²) in [5.41, 5.74) is 3.19. The van der Waals surface area contributed by atoms with Crippen LogP contribution in [0.2, 0.25) is 0 Å². The van der Waals surface area contributed by atoms with E-state index in [0.717, 1.165) is 32.0 Å². The van der Waals surface area contributed by atoms with Gasteiger partial charge in [0.25, 0.3) is 0 Å². The minimum atomic E-state index is -0.0318. The average molecular weight is 367 g/mol. The van der Waals surface area contributed by atoms with Crippen molar-refractivity contribution in [1.29, 1.82) is 0 Å². The molecule has 1 unspecified atom stereocenters. The highest BCUT2D eigenvalue weighted by Crippen LogP contribution is 2.21. The predicted octanol–water partition coefficient (Wildman–Crippen LogP) is 3.45. The summed E-state index contributed by atoms with van der Waals surface area (Å²) >= 11 is 0. The number of amides is 1. The average Bonchev–Trinajstić information content (AvgIpc) is 2.70. The van der Waals surface area contributed by atoms with Gasteiger partial charge in [0.05, 0.1) is 19.8 Å². The van der Waals surface area contributed by atoms with Gasteiger partial charge < -0.3 is 20.3 Å². The number of rotatable bonds is 7. The number of hydrogen-bond acceptors (Lipinski definition) is 4. The van der Waals surface area contributed by atoms with E-state index in [4.69, 9.17) is 4.74 Å². The molecule has 1 aliphatic rings. The van der Waals surface area contributed by atoms with Crippen molar-refractivity contribution in [1.82, 2.24) is 5.32 Å². The number of morpholine rings is 1. The summed E-state index contributed by atoms with van der Waals surface area (Å²) < 4.78 is 5.39. The van der Waals surface area contributed by atoms with Gasteiger partial charge in [-0.25, -0.2) is 0 Å². The summed E-state index contributed by atoms with van der Waals surface area (Å²) in [6.07, 6.45) is 0. The lowest BCUT2D eigenvalue weighted by molar-refractivity contribution is -0.115. The van der Waals surface area contributed by atoms with Crippen LogP contribution >= 0.6 is 0 Å². The van der Waals surface area contributed by atoms with Crippen molar-refractivity contribution in [2.75, 3.05) is 43.1 Å². The fraction of sp³-hybridized carbons (Fsp3) is 0.409. The van der Waals surface area contributed by atoms with E-state index in [9.17, 15) is 4.79 Å². The fourth-order valence-corrected chi connectivity index (χ4v) is 3.38. The molecule has 27 heavy (non-hydrogen) atoms. The predicted molar refractivity (Wildman–Crippen MR) is 110 cm³/mol. The Morgan fingerprint density at radius 2 is 1.70 bits per heavy atom. The monoisotopic (exact) mass is 367 g/mol. The molecule has 0 radical (unpaired) electrons. The van der Waals surface area contributed by atoms with Crippen LogP contribution in [-0.4, -0.2) is 38.8 Å². The van der Waals surface area contributed by atoms with Crippen LogP contribution in [0, 0.1) is 5.92 Å². The summed E-state index contributed by atoms with van der Waals surface area (Å²) in [5, 5.41) is 6.36. The second-order valence-corrected chi connectivity index (χ2v) is 7.21. The Hall–Kier alpha value is -2.37. The lowest BCUT2D eigenvalue weighted by Gasteiger charge is -2.28. The number of anilines is 2. The van der Waals surface area contributed by atoms with Crippen molar-refractivity contribution in [3.63, 3.8) is 0 Å². The third-order valence-electron chi connectivity index (χ3n) is 4.84. The Morgan fingerprint density at radius 1 is 1.04 bits per heavy atom. The van der Waals surface area contributed by atoms with Gasteiger partial charge in [0.2, 0.25) is 5.91 Å². The van der Waals surface area contributed by atoms with Crippen molar-refractivity contribution < 1.29 is 9.53 Å². The van der Waals surface area contributed by atoms with Crippen LogP contribution in [0.5, 0.6) is 0 Å². The van der Waals surface area contributed by atoms with Crippen LogP contribution < -0.4 is 15.5 Å². The summed E-state index contributed by atoms with van der Waals surface area (Å²) in [6.45, 7) is 7.95. The maximum absolute atomic E-state index is 12.4. The quantitative estimate of drug-likeness (QED) is 0.787. The first kappa shape index (κ1) is 19.4. The zero-order chi connectivity index (χ0) is 19.1. The molecule has 0 bridgehead atoms. The van der Waals surface area contributed by atoms with Gasteiger partial charge in [-0.1, -0.05) is 44.2 Å². The van der Waals surface area contributed by atoms with Gasteiger partial charge in [-0.3, -0.25) is 4.79 Å². The maximum atomic E-state index is 12.4. The molecule has 0 aliphatic carbocycles. The highest BCUT2D eigenvalue weighted by Gasteiger charge is 2.16. The molecular weight excluding hydrogens is 338 g/mol. The number of nitrogens with zero attached hydrogens (tertiary/aromatic N) is 1. The van der Waals surface area contributed by atoms with Crippen LogP contribution in [0.1, 0.15) is 25.5 Å². The van der Waals surface area contributed by atoms with Crippen LogP contribution in [0.3, 0.4) is 0 Å². The van der Waals surface area contributed by atoms with Gasteiger partial charge in [-0.15, -0.1) is 0 Å². The minimum Gasteiger partial charge on any atom is -0.378 e. The van der Waals surface area contributed by atoms with Crippen LogP contribution in [0.25, 0.3) is 0 Å². The van der Waals surface area contributed by atoms with Gasteiger partial charge in [0.15, 0.2) is 0 Å². The zero-order valence-corrected chi connectivity index (χ0v) is 16.2. The fourth-order valence-electron chi connectivity index (χ4n) is 3.38. The molecule has 5 heteroatoms. The minimum absolute atomic E-state index is 0.0318. The standard InChI is InChI=1S/C22H29N3O2/c1-17(2)22(18-6-4-3-5-7-18)23-16-21(26)24-19-8-10-20(11-9-19)25-12-14-27-15-13-25/h3-11,17,22-23H,12-16H2,1-2H3,(H,24,26). The Kier molecular flexibility index (Phi) is 6.85. The number of carbonyl (C=O) groups excluding carboxylic acids is 1. The van der Waals surface area contributed by atoms with Gasteiger partial charge in [-0.05, 0) is 35.7 Å². The summed E-state index contributed by atoms with van der Waals surface area (Å²) in [5.74, 6) is 0.365. The lowest BCUT2D eigenvalue weighted by Crippen LogP contribution is -2.36. The molecule has 1 atom stereocenters. The Bertz CT molecular complexity index is 710. The molecule has 0 aromatic heterocycles. The highest BCUT2D eigenvalue weighted by atomic mass is 16.5. The van der Waals surface area contributed by atoms with E-state index >= 15 is 0 Å². The topological polar surface area (TPSA) is 53.6 Å². The number of nitrogens with one attached hydrogen (secondary N) is 2. The Balaban J connectivity index is 1.52. The van der Waals surface area contributed by atoms with Gasteiger partial charge in [0, 0.05) is 30.5 Å². The molecule has 2 aromatic rings. The van der Waals surface area contributed by atoms with Crippen LogP contribution in [0.4, 0.5) is 11.4 Å². The summed E-state index contributed by atoms with van der Waals surface area (Å²) in [4.78, 5) is 14.7. The first-order valence-electron chi connectivity index (χ1n) is 9.64. The largest absolute Gasteiger partial charge is 0.378 e. The van der Waals surface area contributed by atoms with Gasteiger partial charge in [-0.2, -0.15) is 0 Å². The number of carbonyl (C=O) groups is 1. The second-order valence-electron chi connectivity index (χ2n) is 7.21. The molecule has 1 fully saturated rings. The van der Waals surface area contributed by atoms with E-state index in [-0.39, 0.29) is 18.5 Å². The van der Waals surface area contributed by atoms with E-state index in [1.165, 1.54) is 11.3 Å². The number of benzene rings is 2. The number of ether oxygens (including phenoxy) is 1. The van der Waals surface area contributed by atoms with E-state index in [1.807, 2.05) is 30.3 Å². The van der Waals surface area contributed by atoms with Gasteiger partial charge in [0.1, 0.15) is 0 Å². The molecule has 1 saturated heterocycles. The van der Waals surface area contributed by atoms with E-state index in [1.54, 1.807) is 0 Å².